The van der Waals surface area contributed by atoms with Gasteiger partial charge >= 0.3 is 0 Å². The number of anilines is 1. The predicted molar refractivity (Wildman–Crippen MR) is 115 cm³/mol. The number of carbonyl (C=O) groups excluding carboxylic acids is 1. The molecular formula is C20H21N7OS. The number of nitrogens with one attached hydrogen (secondary N) is 3. The number of aromatic amines is 1. The minimum absolute atomic E-state index is 0.179. The van der Waals surface area contributed by atoms with Crippen LogP contribution in [0.3, 0.4) is 0 Å². The van der Waals surface area contributed by atoms with Crippen molar-refractivity contribution < 1.29 is 4.79 Å². The topological polar surface area (TPSA) is 122 Å². The Morgan fingerprint density at radius 2 is 2.14 bits per heavy atom. The molecule has 0 fully saturated rings. The van der Waals surface area contributed by atoms with Gasteiger partial charge in [-0.1, -0.05) is 18.2 Å². The summed E-state index contributed by atoms with van der Waals surface area (Å²) in [5, 5.41) is 7.72. The fourth-order valence-electron chi connectivity index (χ4n) is 3.11. The largest absolute Gasteiger partial charge is 0.361 e. The minimum atomic E-state index is -0.188. The quantitative estimate of drug-likeness (QED) is 0.373. The molecule has 1 amide bonds. The lowest BCUT2D eigenvalue weighted by Crippen LogP contribution is -2.41. The highest BCUT2D eigenvalue weighted by atomic mass is 32.1. The SMILES string of the molecule is CNc1nccc(-c2ncc(C(=O)N[C@H](CN)Cc3c[nH]c4ccccc34)s2)n1. The van der Waals surface area contributed by atoms with Crippen LogP contribution in [0, 0.1) is 0 Å². The molecule has 8 nitrogen and oxygen atoms in total. The number of carbonyl (C=O) groups is 1. The number of hydrogen-bond donors (Lipinski definition) is 4. The van der Waals surface area contributed by atoms with Crippen molar-refractivity contribution in [1.82, 2.24) is 25.3 Å². The number of aromatic nitrogens is 4. The van der Waals surface area contributed by atoms with E-state index >= 15 is 0 Å². The maximum atomic E-state index is 12.7. The first-order chi connectivity index (χ1) is 14.2. The highest BCUT2D eigenvalue weighted by Gasteiger charge is 2.18. The molecule has 3 aromatic heterocycles. The van der Waals surface area contributed by atoms with E-state index in [-0.39, 0.29) is 11.9 Å². The van der Waals surface area contributed by atoms with Crippen molar-refractivity contribution in [3.63, 3.8) is 0 Å². The summed E-state index contributed by atoms with van der Waals surface area (Å²) < 4.78 is 0. The first-order valence-corrected chi connectivity index (χ1v) is 10.0. The molecule has 0 unspecified atom stereocenters. The van der Waals surface area contributed by atoms with E-state index in [9.17, 15) is 4.79 Å². The third-order valence-corrected chi connectivity index (χ3v) is 5.61. The fraction of sp³-hybridized carbons (Fsp3) is 0.200. The number of rotatable bonds is 7. The summed E-state index contributed by atoms with van der Waals surface area (Å²) in [6, 6.07) is 9.67. The van der Waals surface area contributed by atoms with E-state index in [0.717, 1.165) is 16.5 Å². The first kappa shape index (κ1) is 19.0. The molecule has 5 N–H and O–H groups in total. The molecule has 0 bridgehead atoms. The number of benzene rings is 1. The Kier molecular flexibility index (Phi) is 5.50. The van der Waals surface area contributed by atoms with E-state index in [1.165, 1.54) is 11.3 Å². The molecular weight excluding hydrogens is 386 g/mol. The monoisotopic (exact) mass is 407 g/mol. The van der Waals surface area contributed by atoms with Crippen molar-refractivity contribution in [2.24, 2.45) is 5.73 Å². The highest BCUT2D eigenvalue weighted by molar-refractivity contribution is 7.16. The first-order valence-electron chi connectivity index (χ1n) is 9.21. The summed E-state index contributed by atoms with van der Waals surface area (Å²) in [5.74, 6) is 0.317. The molecule has 29 heavy (non-hydrogen) atoms. The summed E-state index contributed by atoms with van der Waals surface area (Å²) in [6.07, 6.45) is 5.84. The van der Waals surface area contributed by atoms with E-state index in [4.69, 9.17) is 5.73 Å². The van der Waals surface area contributed by atoms with Gasteiger partial charge in [0.15, 0.2) is 0 Å². The zero-order valence-electron chi connectivity index (χ0n) is 15.8. The second-order valence-electron chi connectivity index (χ2n) is 6.51. The third-order valence-electron chi connectivity index (χ3n) is 4.59. The number of hydrogen-bond acceptors (Lipinski definition) is 7. The molecule has 148 valence electrons. The van der Waals surface area contributed by atoms with E-state index in [0.29, 0.717) is 34.5 Å². The van der Waals surface area contributed by atoms with Crippen LogP contribution in [0.25, 0.3) is 21.6 Å². The molecule has 0 saturated heterocycles. The summed E-state index contributed by atoms with van der Waals surface area (Å²) in [5.41, 5.74) is 8.79. The van der Waals surface area contributed by atoms with Crippen molar-refractivity contribution in [2.75, 3.05) is 18.9 Å². The molecule has 0 saturated carbocycles. The zero-order valence-corrected chi connectivity index (χ0v) is 16.7. The lowest BCUT2D eigenvalue weighted by atomic mass is 10.0. The van der Waals surface area contributed by atoms with Gasteiger partial charge < -0.3 is 21.4 Å². The number of nitrogens with two attached hydrogens (primary N) is 1. The molecule has 0 radical (unpaired) electrons. The van der Waals surface area contributed by atoms with Gasteiger partial charge in [0.1, 0.15) is 15.6 Å². The number of nitrogens with zero attached hydrogens (tertiary/aromatic N) is 3. The minimum Gasteiger partial charge on any atom is -0.361 e. The number of fused-ring (bicyclic) bond motifs is 1. The van der Waals surface area contributed by atoms with Crippen LogP contribution < -0.4 is 16.4 Å². The van der Waals surface area contributed by atoms with Crippen LogP contribution in [0.1, 0.15) is 15.2 Å². The van der Waals surface area contributed by atoms with Crippen molar-refractivity contribution in [1.29, 1.82) is 0 Å². The summed E-state index contributed by atoms with van der Waals surface area (Å²) in [4.78, 5) is 29.3. The molecule has 1 aromatic carbocycles. The van der Waals surface area contributed by atoms with Crippen molar-refractivity contribution in [2.45, 2.75) is 12.5 Å². The molecule has 9 heteroatoms. The molecule has 3 heterocycles. The molecule has 1 atom stereocenters. The van der Waals surface area contributed by atoms with Gasteiger partial charge in [0.2, 0.25) is 5.95 Å². The maximum Gasteiger partial charge on any atom is 0.263 e. The van der Waals surface area contributed by atoms with Crippen molar-refractivity contribution in [3.05, 3.63) is 59.4 Å². The van der Waals surface area contributed by atoms with Crippen LogP contribution in [0.15, 0.2) is 48.9 Å². The van der Waals surface area contributed by atoms with Crippen LogP contribution in [0.2, 0.25) is 0 Å². The summed E-state index contributed by atoms with van der Waals surface area (Å²) >= 11 is 1.29. The maximum absolute atomic E-state index is 12.7. The molecule has 0 spiro atoms. The van der Waals surface area contributed by atoms with Gasteiger partial charge in [0, 0.05) is 42.9 Å². The van der Waals surface area contributed by atoms with Crippen LogP contribution in [0.5, 0.6) is 0 Å². The Hall–Kier alpha value is -3.30. The van der Waals surface area contributed by atoms with Gasteiger partial charge in [-0.2, -0.15) is 0 Å². The van der Waals surface area contributed by atoms with Gasteiger partial charge in [0.25, 0.3) is 5.91 Å². The Morgan fingerprint density at radius 3 is 2.97 bits per heavy atom. The Morgan fingerprint density at radius 1 is 1.28 bits per heavy atom. The Balaban J connectivity index is 1.47. The lowest BCUT2D eigenvalue weighted by molar-refractivity contribution is 0.0942. The number of thiazole rings is 1. The second kappa shape index (κ2) is 8.38. The van der Waals surface area contributed by atoms with Crippen molar-refractivity contribution in [3.8, 4) is 10.7 Å². The average Bonchev–Trinajstić information content (AvgIpc) is 3.41. The smallest absolute Gasteiger partial charge is 0.263 e. The number of amides is 1. The van der Waals surface area contributed by atoms with Crippen LogP contribution >= 0.6 is 11.3 Å². The average molecular weight is 408 g/mol. The third kappa shape index (κ3) is 4.10. The Bertz CT molecular complexity index is 1140. The van der Waals surface area contributed by atoms with Gasteiger partial charge in [-0.15, -0.1) is 11.3 Å². The van der Waals surface area contributed by atoms with Gasteiger partial charge in [-0.25, -0.2) is 15.0 Å². The summed E-state index contributed by atoms with van der Waals surface area (Å²) in [6.45, 7) is 0.342. The van der Waals surface area contributed by atoms with Crippen LogP contribution in [-0.2, 0) is 6.42 Å². The fourth-order valence-corrected chi connectivity index (χ4v) is 3.90. The molecule has 0 aliphatic heterocycles. The van der Waals surface area contributed by atoms with E-state index in [1.807, 2.05) is 24.4 Å². The van der Waals surface area contributed by atoms with Gasteiger partial charge in [-0.05, 0) is 24.1 Å². The number of H-pyrrole nitrogens is 1. The molecule has 4 aromatic rings. The molecule has 4 rings (SSSR count). The standard InChI is InChI=1S/C20H21N7OS/c1-22-20-23-7-6-16(27-20)19-25-11-17(29-19)18(28)26-13(9-21)8-12-10-24-15-5-3-2-4-14(12)15/h2-7,10-11,13,24H,8-9,21H2,1H3,(H,26,28)(H,22,23,27)/t13-/m0/s1. The molecule has 0 aliphatic carbocycles. The van der Waals surface area contributed by atoms with Gasteiger partial charge in [-0.3, -0.25) is 4.79 Å². The second-order valence-corrected chi connectivity index (χ2v) is 7.55. The van der Waals surface area contributed by atoms with Crippen LogP contribution in [-0.4, -0.2) is 45.5 Å². The zero-order chi connectivity index (χ0) is 20.2. The lowest BCUT2D eigenvalue weighted by Gasteiger charge is -2.15. The van der Waals surface area contributed by atoms with E-state index in [1.54, 1.807) is 25.5 Å². The van der Waals surface area contributed by atoms with Crippen molar-refractivity contribution >= 4 is 34.1 Å². The normalized spacial score (nSPS) is 12.1. The Labute approximate surface area is 171 Å². The van der Waals surface area contributed by atoms with Gasteiger partial charge in [0.05, 0.1) is 6.20 Å². The molecule has 0 aliphatic rings. The highest BCUT2D eigenvalue weighted by Crippen LogP contribution is 2.24. The number of para-hydroxylation sites is 1. The van der Waals surface area contributed by atoms with E-state index < -0.39 is 0 Å². The van der Waals surface area contributed by atoms with Crippen LogP contribution in [0.4, 0.5) is 5.95 Å². The predicted octanol–water partition coefficient (Wildman–Crippen LogP) is 2.42. The van der Waals surface area contributed by atoms with E-state index in [2.05, 4.69) is 36.6 Å². The summed E-state index contributed by atoms with van der Waals surface area (Å²) in [7, 11) is 1.75.